The third-order valence-electron chi connectivity index (χ3n) is 6.90. The highest BCUT2D eigenvalue weighted by molar-refractivity contribution is 5.91. The summed E-state index contributed by atoms with van der Waals surface area (Å²) >= 11 is 0. The van der Waals surface area contributed by atoms with Crippen LogP contribution in [-0.4, -0.2) is 37.5 Å². The molecule has 2 N–H and O–H groups in total. The van der Waals surface area contributed by atoms with E-state index in [4.69, 9.17) is 0 Å². The van der Waals surface area contributed by atoms with Gasteiger partial charge in [-0.1, -0.05) is 18.2 Å². The molecule has 0 heterocycles. The van der Waals surface area contributed by atoms with Crippen LogP contribution in [0.2, 0.25) is 0 Å². The van der Waals surface area contributed by atoms with E-state index in [1.165, 1.54) is 38.5 Å². The summed E-state index contributed by atoms with van der Waals surface area (Å²) in [5.41, 5.74) is 1.89. The average molecular weight is 370 g/mol. The van der Waals surface area contributed by atoms with E-state index in [0.29, 0.717) is 11.8 Å². The first-order chi connectivity index (χ1) is 12.9. The molecular weight excluding hydrogens is 338 g/mol. The number of carbonyl (C=O) groups is 2. The molecule has 0 unspecified atom stereocenters. The van der Waals surface area contributed by atoms with Crippen molar-refractivity contribution in [1.82, 2.24) is 10.2 Å². The highest BCUT2D eigenvalue weighted by Gasteiger charge is 2.50. The zero-order valence-corrected chi connectivity index (χ0v) is 16.5. The number of benzene rings is 1. The number of para-hydroxylation sites is 1. The largest absolute Gasteiger partial charge is 0.349 e. The maximum absolute atomic E-state index is 12.6. The third kappa shape index (κ3) is 3.97. The van der Waals surface area contributed by atoms with Crippen LogP contribution in [-0.2, 0) is 11.2 Å². The van der Waals surface area contributed by atoms with Gasteiger partial charge in [0.15, 0.2) is 0 Å². The second-order valence-electron chi connectivity index (χ2n) is 9.35. The minimum Gasteiger partial charge on any atom is -0.349 e. The van der Waals surface area contributed by atoms with Crippen LogP contribution in [0.4, 0.5) is 10.5 Å². The summed E-state index contributed by atoms with van der Waals surface area (Å²) in [5.74, 6) is 2.69. The Labute approximate surface area is 161 Å². The molecule has 4 aliphatic rings. The monoisotopic (exact) mass is 369 g/mol. The molecule has 146 valence electrons. The van der Waals surface area contributed by atoms with Crippen LogP contribution in [0.25, 0.3) is 0 Å². The molecule has 0 radical (unpaired) electrons. The summed E-state index contributed by atoms with van der Waals surface area (Å²) in [6.45, 7) is 0.779. The predicted molar refractivity (Wildman–Crippen MR) is 106 cm³/mol. The number of nitrogens with one attached hydrogen (secondary N) is 2. The number of urea groups is 1. The van der Waals surface area contributed by atoms with Crippen LogP contribution in [0.3, 0.4) is 0 Å². The second-order valence-corrected chi connectivity index (χ2v) is 9.35. The molecule has 4 saturated carbocycles. The standard InChI is InChI=1S/C22H31N3O2/c1-25(2)20(26)10-18-5-3-4-6-19(18)24-21(27)23-14-22-11-15-7-16(12-22)9-17(8-15)13-22/h3-6,15-17H,7-14H2,1-2H3,(H2,23,24,27). The van der Waals surface area contributed by atoms with Crippen molar-refractivity contribution in [2.24, 2.45) is 23.2 Å². The molecule has 0 aliphatic heterocycles. The number of carbonyl (C=O) groups excluding carboxylic acids is 2. The van der Waals surface area contributed by atoms with Crippen LogP contribution < -0.4 is 10.6 Å². The molecule has 4 bridgehead atoms. The fourth-order valence-electron chi connectivity index (χ4n) is 6.06. The van der Waals surface area contributed by atoms with Crippen molar-refractivity contribution in [2.45, 2.75) is 44.9 Å². The Morgan fingerprint density at radius 2 is 1.63 bits per heavy atom. The maximum Gasteiger partial charge on any atom is 0.319 e. The number of rotatable bonds is 5. The van der Waals surface area contributed by atoms with E-state index in [1.54, 1.807) is 19.0 Å². The summed E-state index contributed by atoms with van der Waals surface area (Å²) in [7, 11) is 3.49. The molecule has 1 aromatic rings. The van der Waals surface area contributed by atoms with E-state index >= 15 is 0 Å². The van der Waals surface area contributed by atoms with Gasteiger partial charge in [-0.3, -0.25) is 4.79 Å². The Morgan fingerprint density at radius 1 is 1.04 bits per heavy atom. The van der Waals surface area contributed by atoms with Gasteiger partial charge >= 0.3 is 6.03 Å². The highest BCUT2D eigenvalue weighted by atomic mass is 16.2. The molecule has 5 rings (SSSR count). The van der Waals surface area contributed by atoms with Crippen molar-refractivity contribution in [3.63, 3.8) is 0 Å². The smallest absolute Gasteiger partial charge is 0.319 e. The van der Waals surface area contributed by atoms with Crippen LogP contribution >= 0.6 is 0 Å². The van der Waals surface area contributed by atoms with Gasteiger partial charge in [0.2, 0.25) is 5.91 Å². The Morgan fingerprint density at radius 3 is 2.22 bits per heavy atom. The third-order valence-corrected chi connectivity index (χ3v) is 6.90. The molecule has 4 fully saturated rings. The summed E-state index contributed by atoms with van der Waals surface area (Å²) in [6.07, 6.45) is 8.39. The molecule has 0 spiro atoms. The molecule has 5 heteroatoms. The number of amides is 3. The van der Waals surface area contributed by atoms with Crippen molar-refractivity contribution in [3.05, 3.63) is 29.8 Å². The Bertz CT molecular complexity index is 693. The Kier molecular flexibility index (Phi) is 4.87. The molecule has 27 heavy (non-hydrogen) atoms. The van der Waals surface area contributed by atoms with E-state index in [9.17, 15) is 9.59 Å². The van der Waals surface area contributed by atoms with Crippen molar-refractivity contribution in [3.8, 4) is 0 Å². The zero-order chi connectivity index (χ0) is 19.0. The van der Waals surface area contributed by atoms with E-state index in [0.717, 1.165) is 35.5 Å². The van der Waals surface area contributed by atoms with Gasteiger partial charge in [-0.25, -0.2) is 4.79 Å². The molecule has 4 aliphatic carbocycles. The van der Waals surface area contributed by atoms with Gasteiger partial charge in [0.25, 0.3) is 0 Å². The second kappa shape index (κ2) is 7.17. The first-order valence-electron chi connectivity index (χ1n) is 10.3. The first-order valence-corrected chi connectivity index (χ1v) is 10.3. The van der Waals surface area contributed by atoms with Gasteiger partial charge in [-0.15, -0.1) is 0 Å². The number of anilines is 1. The average Bonchev–Trinajstić information content (AvgIpc) is 2.60. The Balaban J connectivity index is 1.36. The zero-order valence-electron chi connectivity index (χ0n) is 16.5. The summed E-state index contributed by atoms with van der Waals surface area (Å²) in [5, 5.41) is 6.11. The lowest BCUT2D eigenvalue weighted by atomic mass is 9.49. The van der Waals surface area contributed by atoms with Crippen LogP contribution in [0.1, 0.15) is 44.1 Å². The van der Waals surface area contributed by atoms with Crippen LogP contribution in [0, 0.1) is 23.2 Å². The molecule has 3 amide bonds. The van der Waals surface area contributed by atoms with Gasteiger partial charge in [0, 0.05) is 26.3 Å². The van der Waals surface area contributed by atoms with E-state index in [2.05, 4.69) is 10.6 Å². The number of likely N-dealkylation sites (N-methyl/N-ethyl adjacent to an activating group) is 1. The van der Waals surface area contributed by atoms with E-state index < -0.39 is 0 Å². The lowest BCUT2D eigenvalue weighted by Crippen LogP contribution is -2.51. The molecular formula is C22H31N3O2. The summed E-state index contributed by atoms with van der Waals surface area (Å²) in [4.78, 5) is 26.2. The van der Waals surface area contributed by atoms with Crippen molar-refractivity contribution in [1.29, 1.82) is 0 Å². The van der Waals surface area contributed by atoms with Gasteiger partial charge < -0.3 is 15.5 Å². The van der Waals surface area contributed by atoms with E-state index in [-0.39, 0.29) is 11.9 Å². The molecule has 5 nitrogen and oxygen atoms in total. The van der Waals surface area contributed by atoms with Crippen LogP contribution in [0.15, 0.2) is 24.3 Å². The summed E-state index contributed by atoms with van der Waals surface area (Å²) < 4.78 is 0. The van der Waals surface area contributed by atoms with Gasteiger partial charge in [0.1, 0.15) is 0 Å². The molecule has 0 atom stereocenters. The quantitative estimate of drug-likeness (QED) is 0.832. The topological polar surface area (TPSA) is 61.4 Å². The van der Waals surface area contributed by atoms with Gasteiger partial charge in [0.05, 0.1) is 6.42 Å². The lowest BCUT2D eigenvalue weighted by molar-refractivity contribution is -0.127. The van der Waals surface area contributed by atoms with Gasteiger partial charge in [-0.05, 0) is 73.3 Å². The molecule has 0 aromatic heterocycles. The normalized spacial score (nSPS) is 30.8. The SMILES string of the molecule is CN(C)C(=O)Cc1ccccc1NC(=O)NCC12CC3CC(CC(C3)C1)C2. The van der Waals surface area contributed by atoms with Crippen LogP contribution in [0.5, 0.6) is 0 Å². The molecule has 0 saturated heterocycles. The minimum absolute atomic E-state index is 0.0261. The maximum atomic E-state index is 12.6. The summed E-state index contributed by atoms with van der Waals surface area (Å²) in [6, 6.07) is 7.39. The lowest BCUT2D eigenvalue weighted by Gasteiger charge is -2.56. The van der Waals surface area contributed by atoms with Crippen molar-refractivity contribution >= 4 is 17.6 Å². The highest BCUT2D eigenvalue weighted by Crippen LogP contribution is 2.59. The number of hydrogen-bond donors (Lipinski definition) is 2. The Hall–Kier alpha value is -2.04. The van der Waals surface area contributed by atoms with Gasteiger partial charge in [-0.2, -0.15) is 0 Å². The number of nitrogens with zero attached hydrogens (tertiary/aromatic N) is 1. The fraction of sp³-hybridized carbons (Fsp3) is 0.636. The van der Waals surface area contributed by atoms with Crippen molar-refractivity contribution in [2.75, 3.05) is 26.0 Å². The molecule has 1 aromatic carbocycles. The van der Waals surface area contributed by atoms with Crippen molar-refractivity contribution < 1.29 is 9.59 Å². The first kappa shape index (κ1) is 18.3. The minimum atomic E-state index is -0.157. The van der Waals surface area contributed by atoms with E-state index in [1.807, 2.05) is 24.3 Å². The number of hydrogen-bond acceptors (Lipinski definition) is 2. The predicted octanol–water partition coefficient (Wildman–Crippen LogP) is 3.66. The fourth-order valence-corrected chi connectivity index (χ4v) is 6.06.